The number of aromatic nitrogens is 4. The molecule has 0 radical (unpaired) electrons. The molecule has 116 valence electrons. The number of aryl methyl sites for hydroxylation is 2. The lowest BCUT2D eigenvalue weighted by Crippen LogP contribution is -2.23. The molecule has 2 aromatic rings. The van der Waals surface area contributed by atoms with E-state index < -0.39 is 0 Å². The van der Waals surface area contributed by atoms with E-state index in [0.717, 1.165) is 35.0 Å². The predicted octanol–water partition coefficient (Wildman–Crippen LogP) is 4.35. The average Bonchev–Trinajstić information content (AvgIpc) is 3.00. The molecule has 0 bridgehead atoms. The number of imidazole rings is 1. The molecule has 5 heteroatoms. The van der Waals surface area contributed by atoms with Gasteiger partial charge < -0.3 is 4.57 Å². The highest BCUT2D eigenvalue weighted by atomic mass is 35.5. The van der Waals surface area contributed by atoms with Crippen LogP contribution in [0.15, 0.2) is 0 Å². The van der Waals surface area contributed by atoms with Gasteiger partial charge in [-0.3, -0.25) is 4.68 Å². The fraction of sp³-hybridized carbons (Fsp3) is 0.750. The van der Waals surface area contributed by atoms with Gasteiger partial charge in [0, 0.05) is 13.1 Å². The molecular formula is C16H25ClN4. The first-order chi connectivity index (χ1) is 10.2. The largest absolute Gasteiger partial charge is 0.309 e. The van der Waals surface area contributed by atoms with Crippen LogP contribution in [0.2, 0.25) is 0 Å². The number of rotatable bonds is 4. The van der Waals surface area contributed by atoms with Crippen molar-refractivity contribution < 1.29 is 0 Å². The summed E-state index contributed by atoms with van der Waals surface area (Å²) in [6.45, 7) is 4.31. The molecule has 1 unspecified atom stereocenters. The lowest BCUT2D eigenvalue weighted by Gasteiger charge is -2.31. The molecule has 3 rings (SSSR count). The van der Waals surface area contributed by atoms with Crippen LogP contribution >= 0.6 is 11.6 Å². The summed E-state index contributed by atoms with van der Waals surface area (Å²) in [5, 5.41) is 4.54. The Morgan fingerprint density at radius 1 is 1.29 bits per heavy atom. The zero-order valence-corrected chi connectivity index (χ0v) is 14.0. The second kappa shape index (κ2) is 5.99. The van der Waals surface area contributed by atoms with Crippen molar-refractivity contribution in [3.8, 4) is 0 Å². The molecule has 1 aliphatic carbocycles. The Labute approximate surface area is 131 Å². The van der Waals surface area contributed by atoms with Crippen molar-refractivity contribution in [1.82, 2.24) is 19.3 Å². The minimum absolute atomic E-state index is 0.470. The van der Waals surface area contributed by atoms with Crippen LogP contribution in [0.3, 0.4) is 0 Å². The van der Waals surface area contributed by atoms with Crippen LogP contribution in [0, 0.1) is 12.8 Å². The second-order valence-electron chi connectivity index (χ2n) is 6.29. The van der Waals surface area contributed by atoms with E-state index in [-0.39, 0.29) is 0 Å². The number of hydrogen-bond donors (Lipinski definition) is 0. The summed E-state index contributed by atoms with van der Waals surface area (Å²) in [5.41, 5.74) is 3.15. The lowest BCUT2D eigenvalue weighted by molar-refractivity contribution is 0.242. The van der Waals surface area contributed by atoms with Crippen molar-refractivity contribution in [1.29, 1.82) is 0 Å². The third kappa shape index (κ3) is 2.48. The minimum Gasteiger partial charge on any atom is -0.309 e. The van der Waals surface area contributed by atoms with Crippen LogP contribution < -0.4 is 0 Å². The van der Waals surface area contributed by atoms with Crippen molar-refractivity contribution in [2.75, 3.05) is 0 Å². The van der Waals surface area contributed by atoms with Gasteiger partial charge in [0.15, 0.2) is 5.65 Å². The number of fused-ring (bicyclic) bond motifs is 1. The van der Waals surface area contributed by atoms with Crippen molar-refractivity contribution in [2.45, 2.75) is 64.3 Å². The summed E-state index contributed by atoms with van der Waals surface area (Å²) >= 11 is 6.19. The van der Waals surface area contributed by atoms with E-state index in [1.54, 1.807) is 0 Å². The van der Waals surface area contributed by atoms with E-state index in [4.69, 9.17) is 16.6 Å². The number of hydrogen-bond acceptors (Lipinski definition) is 2. The maximum atomic E-state index is 6.19. The van der Waals surface area contributed by atoms with Gasteiger partial charge in [-0.05, 0) is 32.1 Å². The van der Waals surface area contributed by atoms with Crippen LogP contribution in [0.5, 0.6) is 0 Å². The Bertz CT molecular complexity index is 622. The molecule has 0 amide bonds. The van der Waals surface area contributed by atoms with Gasteiger partial charge in [-0.2, -0.15) is 5.10 Å². The Morgan fingerprint density at radius 3 is 2.62 bits per heavy atom. The molecule has 0 spiro atoms. The molecule has 1 fully saturated rings. The fourth-order valence-corrected chi connectivity index (χ4v) is 4.22. The Kier molecular flexibility index (Phi) is 4.25. The summed E-state index contributed by atoms with van der Waals surface area (Å²) in [4.78, 5) is 4.76. The number of halogens is 1. The van der Waals surface area contributed by atoms with E-state index in [1.807, 2.05) is 18.7 Å². The van der Waals surface area contributed by atoms with E-state index >= 15 is 0 Å². The summed E-state index contributed by atoms with van der Waals surface area (Å²) in [6, 6.07) is 0.499. The zero-order valence-electron chi connectivity index (χ0n) is 13.3. The van der Waals surface area contributed by atoms with Crippen LogP contribution in [-0.2, 0) is 12.9 Å². The molecule has 21 heavy (non-hydrogen) atoms. The Hall–Kier alpha value is -1.03. The SMILES string of the molecule is CCC(C1CCCCC1)n1c(CCl)nc2c(C)nn(C)c21. The highest BCUT2D eigenvalue weighted by molar-refractivity contribution is 6.16. The monoisotopic (exact) mass is 308 g/mol. The first-order valence-corrected chi connectivity index (χ1v) is 8.67. The molecular weight excluding hydrogens is 284 g/mol. The number of alkyl halides is 1. The van der Waals surface area contributed by atoms with Crippen molar-refractivity contribution in [3.63, 3.8) is 0 Å². The molecule has 2 heterocycles. The lowest BCUT2D eigenvalue weighted by atomic mass is 9.82. The molecule has 1 aliphatic rings. The summed E-state index contributed by atoms with van der Waals surface area (Å²) in [5.74, 6) is 2.22. The maximum absolute atomic E-state index is 6.19. The van der Waals surface area contributed by atoms with E-state index in [1.165, 1.54) is 32.1 Å². The van der Waals surface area contributed by atoms with Crippen LogP contribution in [0.1, 0.15) is 63.0 Å². The van der Waals surface area contributed by atoms with Crippen LogP contribution in [-0.4, -0.2) is 19.3 Å². The van der Waals surface area contributed by atoms with Gasteiger partial charge in [0.1, 0.15) is 11.3 Å². The molecule has 0 N–H and O–H groups in total. The third-order valence-electron chi connectivity index (χ3n) is 4.97. The molecule has 0 aromatic carbocycles. The normalized spacial score (nSPS) is 18.5. The summed E-state index contributed by atoms with van der Waals surface area (Å²) < 4.78 is 4.36. The predicted molar refractivity (Wildman–Crippen MR) is 86.7 cm³/mol. The standard InChI is InChI=1S/C16H25ClN4/c1-4-13(12-8-6-5-7-9-12)21-14(10-17)18-15-11(2)19-20(3)16(15)21/h12-13H,4-10H2,1-3H3. The van der Waals surface area contributed by atoms with Gasteiger partial charge in [0.25, 0.3) is 0 Å². The molecule has 1 atom stereocenters. The molecule has 1 saturated carbocycles. The van der Waals surface area contributed by atoms with Crippen LogP contribution in [0.4, 0.5) is 0 Å². The molecule has 0 saturated heterocycles. The van der Waals surface area contributed by atoms with Crippen LogP contribution in [0.25, 0.3) is 11.2 Å². The minimum atomic E-state index is 0.470. The van der Waals surface area contributed by atoms with E-state index in [9.17, 15) is 0 Å². The molecule has 2 aromatic heterocycles. The van der Waals surface area contributed by atoms with Crippen molar-refractivity contribution in [3.05, 3.63) is 11.5 Å². The summed E-state index contributed by atoms with van der Waals surface area (Å²) in [7, 11) is 2.01. The summed E-state index contributed by atoms with van der Waals surface area (Å²) in [6.07, 6.45) is 7.90. The van der Waals surface area contributed by atoms with Crippen molar-refractivity contribution >= 4 is 22.8 Å². The quantitative estimate of drug-likeness (QED) is 0.787. The maximum Gasteiger partial charge on any atom is 0.158 e. The first kappa shape index (κ1) is 14.9. The van der Waals surface area contributed by atoms with Gasteiger partial charge in [0.05, 0.1) is 11.6 Å². The topological polar surface area (TPSA) is 35.6 Å². The van der Waals surface area contributed by atoms with Gasteiger partial charge in [-0.1, -0.05) is 26.2 Å². The zero-order chi connectivity index (χ0) is 15.0. The Morgan fingerprint density at radius 2 is 2.00 bits per heavy atom. The first-order valence-electron chi connectivity index (χ1n) is 8.13. The second-order valence-corrected chi connectivity index (χ2v) is 6.55. The third-order valence-corrected chi connectivity index (χ3v) is 5.21. The van der Waals surface area contributed by atoms with Gasteiger partial charge in [-0.15, -0.1) is 11.6 Å². The fourth-order valence-electron chi connectivity index (χ4n) is 4.03. The Balaban J connectivity index is 2.11. The highest BCUT2D eigenvalue weighted by Crippen LogP contribution is 2.37. The highest BCUT2D eigenvalue weighted by Gasteiger charge is 2.28. The van der Waals surface area contributed by atoms with Gasteiger partial charge in [0.2, 0.25) is 0 Å². The van der Waals surface area contributed by atoms with Gasteiger partial charge >= 0.3 is 0 Å². The molecule has 4 nitrogen and oxygen atoms in total. The average molecular weight is 309 g/mol. The molecule has 0 aliphatic heterocycles. The number of nitrogens with zero attached hydrogens (tertiary/aromatic N) is 4. The van der Waals surface area contributed by atoms with Gasteiger partial charge in [-0.25, -0.2) is 4.98 Å². The van der Waals surface area contributed by atoms with E-state index in [0.29, 0.717) is 11.9 Å². The van der Waals surface area contributed by atoms with Crippen molar-refractivity contribution in [2.24, 2.45) is 13.0 Å². The van der Waals surface area contributed by atoms with E-state index in [2.05, 4.69) is 16.6 Å². The smallest absolute Gasteiger partial charge is 0.158 e.